The fourth-order valence-corrected chi connectivity index (χ4v) is 3.13. The SMILES string of the molecule is Cc1cscc1C(N)CC1CCOCC1. The molecule has 2 nitrogen and oxygen atoms in total. The van der Waals surface area contributed by atoms with E-state index in [4.69, 9.17) is 10.5 Å². The minimum absolute atomic E-state index is 0.222. The van der Waals surface area contributed by atoms with Crippen LogP contribution in [0.3, 0.4) is 0 Å². The number of hydrogen-bond donors (Lipinski definition) is 1. The van der Waals surface area contributed by atoms with Crippen LogP contribution in [0.4, 0.5) is 0 Å². The maximum absolute atomic E-state index is 6.24. The largest absolute Gasteiger partial charge is 0.381 e. The maximum atomic E-state index is 6.24. The van der Waals surface area contributed by atoms with E-state index in [2.05, 4.69) is 17.7 Å². The van der Waals surface area contributed by atoms with E-state index in [0.29, 0.717) is 0 Å². The molecule has 15 heavy (non-hydrogen) atoms. The van der Waals surface area contributed by atoms with Crippen molar-refractivity contribution in [2.75, 3.05) is 13.2 Å². The molecule has 0 bridgehead atoms. The van der Waals surface area contributed by atoms with Crippen molar-refractivity contribution in [3.8, 4) is 0 Å². The van der Waals surface area contributed by atoms with Gasteiger partial charge in [-0.15, -0.1) is 0 Å². The first kappa shape index (κ1) is 11.1. The molecule has 3 heteroatoms. The Morgan fingerprint density at radius 3 is 2.80 bits per heavy atom. The fourth-order valence-electron chi connectivity index (χ4n) is 2.22. The molecule has 1 fully saturated rings. The summed E-state index contributed by atoms with van der Waals surface area (Å²) in [6.07, 6.45) is 3.47. The van der Waals surface area contributed by atoms with Crippen LogP contribution in [0.5, 0.6) is 0 Å². The molecular formula is C12H19NOS. The lowest BCUT2D eigenvalue weighted by Gasteiger charge is -2.24. The van der Waals surface area contributed by atoms with Crippen LogP contribution in [0.1, 0.15) is 36.4 Å². The van der Waals surface area contributed by atoms with E-state index in [1.165, 1.54) is 24.0 Å². The molecule has 0 saturated carbocycles. The summed E-state index contributed by atoms with van der Waals surface area (Å²) in [7, 11) is 0. The molecule has 84 valence electrons. The highest BCUT2D eigenvalue weighted by Gasteiger charge is 2.19. The Morgan fingerprint density at radius 2 is 2.20 bits per heavy atom. The van der Waals surface area contributed by atoms with Crippen LogP contribution in [-0.4, -0.2) is 13.2 Å². The van der Waals surface area contributed by atoms with Crippen LogP contribution in [0, 0.1) is 12.8 Å². The lowest BCUT2D eigenvalue weighted by molar-refractivity contribution is 0.0618. The summed E-state index contributed by atoms with van der Waals surface area (Å²) in [5, 5.41) is 4.37. The van der Waals surface area contributed by atoms with Gasteiger partial charge in [0.15, 0.2) is 0 Å². The normalized spacial score (nSPS) is 20.4. The third kappa shape index (κ3) is 2.80. The van der Waals surface area contributed by atoms with Gasteiger partial charge in [-0.25, -0.2) is 0 Å². The Labute approximate surface area is 95.4 Å². The number of rotatable bonds is 3. The Hall–Kier alpha value is -0.380. The highest BCUT2D eigenvalue weighted by Crippen LogP contribution is 2.29. The van der Waals surface area contributed by atoms with Gasteiger partial charge in [-0.1, -0.05) is 0 Å². The van der Waals surface area contributed by atoms with Crippen molar-refractivity contribution >= 4 is 11.3 Å². The molecule has 2 rings (SSSR count). The molecule has 1 atom stereocenters. The van der Waals surface area contributed by atoms with Crippen molar-refractivity contribution in [1.82, 2.24) is 0 Å². The average Bonchev–Trinajstić information content (AvgIpc) is 2.66. The molecule has 0 radical (unpaired) electrons. The van der Waals surface area contributed by atoms with Crippen LogP contribution >= 0.6 is 11.3 Å². The second-order valence-electron chi connectivity index (χ2n) is 4.41. The minimum Gasteiger partial charge on any atom is -0.381 e. The first-order chi connectivity index (χ1) is 7.27. The number of aryl methyl sites for hydroxylation is 1. The van der Waals surface area contributed by atoms with Crippen molar-refractivity contribution in [2.45, 2.75) is 32.2 Å². The predicted molar refractivity (Wildman–Crippen MR) is 64.1 cm³/mol. The first-order valence-corrected chi connectivity index (χ1v) is 6.57. The van der Waals surface area contributed by atoms with Crippen LogP contribution in [0.25, 0.3) is 0 Å². The van der Waals surface area contributed by atoms with Gasteiger partial charge in [-0.2, -0.15) is 11.3 Å². The average molecular weight is 225 g/mol. The van der Waals surface area contributed by atoms with Crippen molar-refractivity contribution in [3.63, 3.8) is 0 Å². The minimum atomic E-state index is 0.222. The lowest BCUT2D eigenvalue weighted by Crippen LogP contribution is -2.21. The summed E-state index contributed by atoms with van der Waals surface area (Å²) in [6, 6.07) is 0.222. The Kier molecular flexibility index (Phi) is 3.78. The summed E-state index contributed by atoms with van der Waals surface area (Å²) < 4.78 is 5.36. The third-order valence-electron chi connectivity index (χ3n) is 3.22. The van der Waals surface area contributed by atoms with Crippen molar-refractivity contribution in [1.29, 1.82) is 0 Å². The topological polar surface area (TPSA) is 35.2 Å². The maximum Gasteiger partial charge on any atom is 0.0468 e. The van der Waals surface area contributed by atoms with Gasteiger partial charge in [0.2, 0.25) is 0 Å². The second kappa shape index (κ2) is 5.10. The standard InChI is InChI=1S/C12H19NOS/c1-9-7-15-8-11(9)12(13)6-10-2-4-14-5-3-10/h7-8,10,12H,2-6,13H2,1H3. The molecule has 2 N–H and O–H groups in total. The summed E-state index contributed by atoms with van der Waals surface area (Å²) in [4.78, 5) is 0. The molecule has 0 spiro atoms. The Morgan fingerprint density at radius 1 is 1.47 bits per heavy atom. The van der Waals surface area contributed by atoms with E-state index in [1.54, 1.807) is 11.3 Å². The van der Waals surface area contributed by atoms with Gasteiger partial charge < -0.3 is 10.5 Å². The second-order valence-corrected chi connectivity index (χ2v) is 5.15. The molecule has 1 aromatic rings. The van der Waals surface area contributed by atoms with E-state index in [9.17, 15) is 0 Å². The van der Waals surface area contributed by atoms with Gasteiger partial charge in [0.1, 0.15) is 0 Å². The summed E-state index contributed by atoms with van der Waals surface area (Å²) >= 11 is 1.75. The van der Waals surface area contributed by atoms with Gasteiger partial charge >= 0.3 is 0 Å². The molecule has 2 heterocycles. The van der Waals surface area contributed by atoms with Crippen LogP contribution < -0.4 is 5.73 Å². The zero-order chi connectivity index (χ0) is 10.7. The number of nitrogens with two attached hydrogens (primary N) is 1. The van der Waals surface area contributed by atoms with Crippen LogP contribution in [-0.2, 0) is 4.74 Å². The summed E-state index contributed by atoms with van der Waals surface area (Å²) in [5.74, 6) is 0.757. The van der Waals surface area contributed by atoms with Gasteiger partial charge in [-0.05, 0) is 54.0 Å². The molecule has 1 aromatic heterocycles. The van der Waals surface area contributed by atoms with E-state index in [1.807, 2.05) is 0 Å². The molecule has 0 amide bonds. The Bertz CT molecular complexity index is 304. The van der Waals surface area contributed by atoms with E-state index < -0.39 is 0 Å². The molecule has 1 aliphatic heterocycles. The van der Waals surface area contributed by atoms with Crippen molar-refractivity contribution < 1.29 is 4.74 Å². The highest BCUT2D eigenvalue weighted by atomic mass is 32.1. The first-order valence-electron chi connectivity index (χ1n) is 5.63. The lowest BCUT2D eigenvalue weighted by atomic mass is 9.90. The predicted octanol–water partition coefficient (Wildman–Crippen LogP) is 2.87. The van der Waals surface area contributed by atoms with E-state index in [-0.39, 0.29) is 6.04 Å². The van der Waals surface area contributed by atoms with Crippen LogP contribution in [0.15, 0.2) is 10.8 Å². The third-order valence-corrected chi connectivity index (χ3v) is 4.10. The van der Waals surface area contributed by atoms with Crippen molar-refractivity contribution in [3.05, 3.63) is 21.9 Å². The summed E-state index contributed by atoms with van der Waals surface area (Å²) in [5.41, 5.74) is 8.92. The van der Waals surface area contributed by atoms with Gasteiger partial charge in [0.05, 0.1) is 0 Å². The van der Waals surface area contributed by atoms with Gasteiger partial charge in [-0.3, -0.25) is 0 Å². The quantitative estimate of drug-likeness (QED) is 0.858. The zero-order valence-electron chi connectivity index (χ0n) is 9.24. The summed E-state index contributed by atoms with van der Waals surface area (Å²) in [6.45, 7) is 3.98. The number of hydrogen-bond acceptors (Lipinski definition) is 3. The monoisotopic (exact) mass is 225 g/mol. The molecule has 1 saturated heterocycles. The highest BCUT2D eigenvalue weighted by molar-refractivity contribution is 7.08. The van der Waals surface area contributed by atoms with Crippen LogP contribution in [0.2, 0.25) is 0 Å². The molecule has 1 unspecified atom stereocenters. The van der Waals surface area contributed by atoms with Crippen molar-refractivity contribution in [2.24, 2.45) is 11.7 Å². The molecule has 0 aromatic carbocycles. The van der Waals surface area contributed by atoms with E-state index in [0.717, 1.165) is 25.6 Å². The smallest absolute Gasteiger partial charge is 0.0468 e. The zero-order valence-corrected chi connectivity index (χ0v) is 10.1. The number of thiophene rings is 1. The van der Waals surface area contributed by atoms with E-state index >= 15 is 0 Å². The molecule has 1 aliphatic rings. The van der Waals surface area contributed by atoms with Gasteiger partial charge in [0.25, 0.3) is 0 Å². The molecule has 0 aliphatic carbocycles. The molecular weight excluding hydrogens is 206 g/mol. The fraction of sp³-hybridized carbons (Fsp3) is 0.667. The van der Waals surface area contributed by atoms with Gasteiger partial charge in [0, 0.05) is 19.3 Å². The number of ether oxygens (including phenoxy) is 1. The Balaban J connectivity index is 1.91.